The number of aryl methyl sites for hydroxylation is 3. The van der Waals surface area contributed by atoms with E-state index in [0.29, 0.717) is 12.8 Å². The second-order valence-corrected chi connectivity index (χ2v) is 7.83. The minimum Gasteiger partial charge on any atom is -0.289 e. The molecule has 3 aromatic carbocycles. The zero-order valence-electron chi connectivity index (χ0n) is 15.8. The number of rotatable bonds is 0. The summed E-state index contributed by atoms with van der Waals surface area (Å²) in [5, 5.41) is 0. The van der Waals surface area contributed by atoms with Gasteiger partial charge in [0, 0.05) is 22.3 Å². The fraction of sp³-hybridized carbons (Fsp3) is 0.200. The SMILES string of the molecule is Cc1cccc2c1Cc1cc3c(cc1C2=O)Cc1c(C)ccc(C)c1C3=O. The molecule has 0 amide bonds. The van der Waals surface area contributed by atoms with Gasteiger partial charge in [0.2, 0.25) is 0 Å². The van der Waals surface area contributed by atoms with Crippen molar-refractivity contribution < 1.29 is 9.59 Å². The lowest BCUT2D eigenvalue weighted by atomic mass is 9.76. The quantitative estimate of drug-likeness (QED) is 0.398. The van der Waals surface area contributed by atoms with Gasteiger partial charge in [-0.05, 0) is 84.7 Å². The van der Waals surface area contributed by atoms with Crippen LogP contribution in [0.5, 0.6) is 0 Å². The Labute approximate surface area is 158 Å². The molecule has 27 heavy (non-hydrogen) atoms. The first-order chi connectivity index (χ1) is 13.0. The average molecular weight is 352 g/mol. The molecule has 0 radical (unpaired) electrons. The summed E-state index contributed by atoms with van der Waals surface area (Å²) < 4.78 is 0. The van der Waals surface area contributed by atoms with Crippen molar-refractivity contribution in [3.05, 3.63) is 104 Å². The first-order valence-corrected chi connectivity index (χ1v) is 9.38. The number of fused-ring (bicyclic) bond motifs is 4. The maximum Gasteiger partial charge on any atom is 0.193 e. The van der Waals surface area contributed by atoms with Crippen LogP contribution in [0.3, 0.4) is 0 Å². The van der Waals surface area contributed by atoms with Crippen molar-refractivity contribution in [3.8, 4) is 0 Å². The highest BCUT2D eigenvalue weighted by atomic mass is 16.1. The molecule has 3 aromatic rings. The van der Waals surface area contributed by atoms with E-state index in [-0.39, 0.29) is 11.6 Å². The highest BCUT2D eigenvalue weighted by molar-refractivity contribution is 6.16. The van der Waals surface area contributed by atoms with E-state index in [4.69, 9.17) is 0 Å². The molecule has 2 heteroatoms. The van der Waals surface area contributed by atoms with Gasteiger partial charge in [-0.25, -0.2) is 0 Å². The number of hydrogen-bond donors (Lipinski definition) is 0. The van der Waals surface area contributed by atoms with Gasteiger partial charge in [-0.2, -0.15) is 0 Å². The van der Waals surface area contributed by atoms with Crippen LogP contribution in [0, 0.1) is 20.8 Å². The largest absolute Gasteiger partial charge is 0.289 e. The fourth-order valence-corrected chi connectivity index (χ4v) is 4.63. The standard InChI is InChI=1S/C25H20O2/c1-13-5-4-6-18-19(13)9-16-12-22-17(11-21(16)24(18)26)10-20-14(2)7-8-15(3)23(20)25(22)27/h4-8,11-12H,9-10H2,1-3H3. The molecule has 0 N–H and O–H groups in total. The van der Waals surface area contributed by atoms with Crippen molar-refractivity contribution in [2.24, 2.45) is 0 Å². The van der Waals surface area contributed by atoms with E-state index in [2.05, 4.69) is 13.0 Å². The molecule has 2 aliphatic rings. The maximum atomic E-state index is 13.3. The van der Waals surface area contributed by atoms with Gasteiger partial charge in [-0.1, -0.05) is 30.3 Å². The molecule has 0 aliphatic heterocycles. The number of hydrogen-bond acceptors (Lipinski definition) is 2. The van der Waals surface area contributed by atoms with E-state index in [0.717, 1.165) is 61.2 Å². The summed E-state index contributed by atoms with van der Waals surface area (Å²) in [7, 11) is 0. The normalized spacial score (nSPS) is 14.3. The van der Waals surface area contributed by atoms with Gasteiger partial charge >= 0.3 is 0 Å². The van der Waals surface area contributed by atoms with Gasteiger partial charge in [0.25, 0.3) is 0 Å². The lowest BCUT2D eigenvalue weighted by Crippen LogP contribution is -2.22. The number of carbonyl (C=O) groups is 2. The molecular weight excluding hydrogens is 332 g/mol. The van der Waals surface area contributed by atoms with E-state index in [1.165, 1.54) is 0 Å². The predicted octanol–water partition coefficient (Wildman–Crippen LogP) is 4.88. The summed E-state index contributed by atoms with van der Waals surface area (Å²) in [5.74, 6) is 0.176. The summed E-state index contributed by atoms with van der Waals surface area (Å²) in [6.07, 6.45) is 1.43. The van der Waals surface area contributed by atoms with Crippen LogP contribution in [0.15, 0.2) is 42.5 Å². The molecule has 2 nitrogen and oxygen atoms in total. The van der Waals surface area contributed by atoms with Crippen LogP contribution in [-0.4, -0.2) is 11.6 Å². The Morgan fingerprint density at radius 1 is 0.630 bits per heavy atom. The number of carbonyl (C=O) groups excluding carboxylic acids is 2. The lowest BCUT2D eigenvalue weighted by molar-refractivity contribution is 0.102. The molecule has 0 aromatic heterocycles. The Morgan fingerprint density at radius 2 is 1.22 bits per heavy atom. The second kappa shape index (κ2) is 5.50. The highest BCUT2D eigenvalue weighted by Crippen LogP contribution is 2.36. The van der Waals surface area contributed by atoms with Crippen molar-refractivity contribution in [3.63, 3.8) is 0 Å². The van der Waals surface area contributed by atoms with Gasteiger partial charge in [0.15, 0.2) is 11.6 Å². The fourth-order valence-electron chi connectivity index (χ4n) is 4.63. The van der Waals surface area contributed by atoms with Gasteiger partial charge < -0.3 is 0 Å². The van der Waals surface area contributed by atoms with Gasteiger partial charge in [0.1, 0.15) is 0 Å². The summed E-state index contributed by atoms with van der Waals surface area (Å²) >= 11 is 0. The molecule has 0 saturated carbocycles. The van der Waals surface area contributed by atoms with E-state index in [9.17, 15) is 9.59 Å². The molecule has 0 saturated heterocycles. The molecular formula is C25H20O2. The van der Waals surface area contributed by atoms with Crippen LogP contribution in [0.2, 0.25) is 0 Å². The maximum absolute atomic E-state index is 13.3. The van der Waals surface area contributed by atoms with Crippen LogP contribution in [0.25, 0.3) is 0 Å². The first-order valence-electron chi connectivity index (χ1n) is 9.38. The van der Waals surface area contributed by atoms with E-state index in [1.54, 1.807) is 0 Å². The summed E-state index contributed by atoms with van der Waals surface area (Å²) in [6, 6.07) is 14.0. The van der Waals surface area contributed by atoms with E-state index < -0.39 is 0 Å². The molecule has 0 atom stereocenters. The first kappa shape index (κ1) is 16.2. The highest BCUT2D eigenvalue weighted by Gasteiger charge is 2.31. The zero-order valence-corrected chi connectivity index (χ0v) is 15.8. The van der Waals surface area contributed by atoms with Crippen LogP contribution in [0.1, 0.15) is 70.8 Å². The third kappa shape index (κ3) is 2.19. The minimum atomic E-state index is 0.0805. The van der Waals surface area contributed by atoms with Gasteiger partial charge in [-0.3, -0.25) is 9.59 Å². The molecule has 0 bridgehead atoms. The van der Waals surface area contributed by atoms with Crippen molar-refractivity contribution in [2.45, 2.75) is 33.6 Å². The molecule has 0 fully saturated rings. The second-order valence-electron chi connectivity index (χ2n) is 7.83. The predicted molar refractivity (Wildman–Crippen MR) is 106 cm³/mol. The third-order valence-corrected chi connectivity index (χ3v) is 6.19. The Kier molecular flexibility index (Phi) is 3.30. The number of benzene rings is 3. The smallest absolute Gasteiger partial charge is 0.193 e. The Hall–Kier alpha value is -3.00. The Bertz CT molecular complexity index is 1180. The third-order valence-electron chi connectivity index (χ3n) is 6.19. The summed E-state index contributed by atoms with van der Waals surface area (Å²) in [4.78, 5) is 26.4. The molecule has 0 spiro atoms. The van der Waals surface area contributed by atoms with Crippen LogP contribution < -0.4 is 0 Å². The van der Waals surface area contributed by atoms with Gasteiger partial charge in [0.05, 0.1) is 0 Å². The van der Waals surface area contributed by atoms with Crippen LogP contribution in [0.4, 0.5) is 0 Å². The Balaban J connectivity index is 1.71. The minimum absolute atomic E-state index is 0.0805. The number of ketones is 2. The molecule has 2 aliphatic carbocycles. The summed E-state index contributed by atoms with van der Waals surface area (Å²) in [6.45, 7) is 6.10. The molecule has 132 valence electrons. The van der Waals surface area contributed by atoms with Crippen molar-refractivity contribution in [2.75, 3.05) is 0 Å². The summed E-state index contributed by atoms with van der Waals surface area (Å²) in [5.41, 5.74) is 10.6. The Morgan fingerprint density at radius 3 is 1.96 bits per heavy atom. The monoisotopic (exact) mass is 352 g/mol. The van der Waals surface area contributed by atoms with Crippen molar-refractivity contribution in [1.29, 1.82) is 0 Å². The molecule has 5 rings (SSSR count). The topological polar surface area (TPSA) is 34.1 Å². The molecule has 0 unspecified atom stereocenters. The lowest BCUT2D eigenvalue weighted by Gasteiger charge is -2.26. The van der Waals surface area contributed by atoms with Crippen molar-refractivity contribution in [1.82, 2.24) is 0 Å². The zero-order chi connectivity index (χ0) is 18.9. The molecule has 0 heterocycles. The van der Waals surface area contributed by atoms with Gasteiger partial charge in [-0.15, -0.1) is 0 Å². The van der Waals surface area contributed by atoms with E-state index >= 15 is 0 Å². The van der Waals surface area contributed by atoms with Crippen molar-refractivity contribution >= 4 is 11.6 Å². The van der Waals surface area contributed by atoms with E-state index in [1.807, 2.05) is 50.2 Å². The van der Waals surface area contributed by atoms with Crippen LogP contribution >= 0.6 is 0 Å². The van der Waals surface area contributed by atoms with Crippen LogP contribution in [-0.2, 0) is 12.8 Å². The average Bonchev–Trinajstić information content (AvgIpc) is 2.65.